The van der Waals surface area contributed by atoms with Crippen LogP contribution in [0.5, 0.6) is 0 Å². The summed E-state index contributed by atoms with van der Waals surface area (Å²) < 4.78 is 0. The van der Waals surface area contributed by atoms with E-state index in [0.29, 0.717) is 4.83 Å². The number of rotatable bonds is 2. The van der Waals surface area contributed by atoms with Gasteiger partial charge in [-0.3, -0.25) is 0 Å². The van der Waals surface area contributed by atoms with Gasteiger partial charge in [0.05, 0.1) is 6.21 Å². The van der Waals surface area contributed by atoms with Crippen molar-refractivity contribution in [3.63, 3.8) is 0 Å². The molecule has 1 rings (SSSR count). The molecule has 0 aliphatic carbocycles. The summed E-state index contributed by atoms with van der Waals surface area (Å²) in [7, 11) is 0. The Morgan fingerprint density at radius 2 is 2.33 bits per heavy atom. The molecule has 64 valence electrons. The average Bonchev–Trinajstić information content (AvgIpc) is 2.05. The van der Waals surface area contributed by atoms with Gasteiger partial charge in [-0.25, -0.2) is 0 Å². The number of benzene rings is 1. The monoisotopic (exact) mass is 227 g/mol. The quantitative estimate of drug-likeness (QED) is 0.359. The normalized spacial score (nSPS) is 13.5. The summed E-state index contributed by atoms with van der Waals surface area (Å²) >= 11 is 3.46. The van der Waals surface area contributed by atoms with Crippen molar-refractivity contribution in [2.75, 3.05) is 0 Å². The van der Waals surface area contributed by atoms with Crippen LogP contribution in [0.15, 0.2) is 29.4 Å². The third kappa shape index (κ3) is 2.34. The zero-order valence-electron chi connectivity index (χ0n) is 6.74. The first-order chi connectivity index (χ1) is 5.74. The number of oxime groups is 1. The van der Waals surface area contributed by atoms with Gasteiger partial charge in [0.2, 0.25) is 0 Å². The van der Waals surface area contributed by atoms with Crippen LogP contribution in [0.3, 0.4) is 0 Å². The van der Waals surface area contributed by atoms with Crippen molar-refractivity contribution < 1.29 is 5.21 Å². The van der Waals surface area contributed by atoms with Crippen LogP contribution < -0.4 is 0 Å². The minimum atomic E-state index is 0.324. The summed E-state index contributed by atoms with van der Waals surface area (Å²) in [6.45, 7) is 2.05. The first kappa shape index (κ1) is 9.26. The molecular weight excluding hydrogens is 218 g/mol. The Morgan fingerprint density at radius 1 is 1.58 bits per heavy atom. The summed E-state index contributed by atoms with van der Waals surface area (Å²) in [6.07, 6.45) is 1.42. The number of nitrogens with zero attached hydrogens (tertiary/aromatic N) is 1. The van der Waals surface area contributed by atoms with Gasteiger partial charge >= 0.3 is 0 Å². The predicted octanol–water partition coefficient (Wildman–Crippen LogP) is 2.95. The lowest BCUT2D eigenvalue weighted by atomic mass is 10.1. The molecule has 0 aliphatic rings. The first-order valence-electron chi connectivity index (χ1n) is 3.65. The Labute approximate surface area is 80.0 Å². The molecule has 0 saturated carbocycles. The SMILES string of the molecule is CC(Br)c1cccc(C=NO)c1. The minimum Gasteiger partial charge on any atom is -0.411 e. The van der Waals surface area contributed by atoms with Crippen LogP contribution in [0, 0.1) is 0 Å². The van der Waals surface area contributed by atoms with E-state index in [-0.39, 0.29) is 0 Å². The molecule has 1 N–H and O–H groups in total. The van der Waals surface area contributed by atoms with Crippen molar-refractivity contribution in [1.29, 1.82) is 0 Å². The van der Waals surface area contributed by atoms with Crippen molar-refractivity contribution in [2.24, 2.45) is 5.16 Å². The van der Waals surface area contributed by atoms with E-state index in [0.717, 1.165) is 5.56 Å². The molecule has 1 aromatic carbocycles. The van der Waals surface area contributed by atoms with Crippen LogP contribution in [0.25, 0.3) is 0 Å². The van der Waals surface area contributed by atoms with Gasteiger partial charge in [-0.15, -0.1) is 0 Å². The molecule has 1 unspecified atom stereocenters. The Balaban J connectivity index is 2.95. The molecular formula is C9H10BrNO. The van der Waals surface area contributed by atoms with Gasteiger partial charge in [-0.05, 0) is 24.1 Å². The zero-order valence-corrected chi connectivity index (χ0v) is 8.32. The van der Waals surface area contributed by atoms with E-state index >= 15 is 0 Å². The fraction of sp³-hybridized carbons (Fsp3) is 0.222. The lowest BCUT2D eigenvalue weighted by Gasteiger charge is -2.03. The molecule has 0 heterocycles. The van der Waals surface area contributed by atoms with Crippen molar-refractivity contribution in [3.05, 3.63) is 35.4 Å². The smallest absolute Gasteiger partial charge is 0.0733 e. The summed E-state index contributed by atoms with van der Waals surface area (Å²) in [6, 6.07) is 7.82. The van der Waals surface area contributed by atoms with Gasteiger partial charge in [-0.2, -0.15) is 0 Å². The molecule has 1 atom stereocenters. The van der Waals surface area contributed by atoms with E-state index in [9.17, 15) is 0 Å². The molecule has 0 bridgehead atoms. The average molecular weight is 228 g/mol. The van der Waals surface area contributed by atoms with Crippen molar-refractivity contribution in [3.8, 4) is 0 Å². The maximum atomic E-state index is 8.31. The first-order valence-corrected chi connectivity index (χ1v) is 4.57. The lowest BCUT2D eigenvalue weighted by Crippen LogP contribution is -1.86. The number of halogens is 1. The van der Waals surface area contributed by atoms with Crippen LogP contribution in [-0.2, 0) is 0 Å². The molecule has 3 heteroatoms. The Bertz CT molecular complexity index is 284. The molecule has 0 aliphatic heterocycles. The second kappa shape index (κ2) is 4.26. The number of hydrogen-bond acceptors (Lipinski definition) is 2. The number of alkyl halides is 1. The highest BCUT2D eigenvalue weighted by Crippen LogP contribution is 2.21. The van der Waals surface area contributed by atoms with Gasteiger partial charge in [0.15, 0.2) is 0 Å². The second-order valence-corrected chi connectivity index (χ2v) is 3.90. The summed E-state index contributed by atoms with van der Waals surface area (Å²) in [5.41, 5.74) is 2.08. The summed E-state index contributed by atoms with van der Waals surface area (Å²) in [4.78, 5) is 0.324. The molecule has 0 amide bonds. The standard InChI is InChI=1S/C9H10BrNO/c1-7(10)9-4-2-3-8(5-9)6-11-12/h2-7,12H,1H3. The fourth-order valence-electron chi connectivity index (χ4n) is 0.953. The van der Waals surface area contributed by atoms with E-state index in [4.69, 9.17) is 5.21 Å². The van der Waals surface area contributed by atoms with Gasteiger partial charge in [0.25, 0.3) is 0 Å². The highest BCUT2D eigenvalue weighted by molar-refractivity contribution is 9.09. The molecule has 0 spiro atoms. The summed E-state index contributed by atoms with van der Waals surface area (Å²) in [5, 5.41) is 11.3. The molecule has 12 heavy (non-hydrogen) atoms. The highest BCUT2D eigenvalue weighted by Gasteiger charge is 1.99. The van der Waals surface area contributed by atoms with E-state index in [1.165, 1.54) is 11.8 Å². The molecule has 0 saturated heterocycles. The predicted molar refractivity (Wildman–Crippen MR) is 53.2 cm³/mol. The zero-order chi connectivity index (χ0) is 8.97. The molecule has 0 fully saturated rings. The van der Waals surface area contributed by atoms with E-state index < -0.39 is 0 Å². The third-order valence-electron chi connectivity index (χ3n) is 1.58. The third-order valence-corrected chi connectivity index (χ3v) is 2.11. The van der Waals surface area contributed by atoms with Crippen LogP contribution in [0.2, 0.25) is 0 Å². The summed E-state index contributed by atoms with van der Waals surface area (Å²) in [5.74, 6) is 0. The Hall–Kier alpha value is -0.830. The van der Waals surface area contributed by atoms with Gasteiger partial charge in [-0.1, -0.05) is 39.3 Å². The highest BCUT2D eigenvalue weighted by atomic mass is 79.9. The van der Waals surface area contributed by atoms with Crippen molar-refractivity contribution in [2.45, 2.75) is 11.8 Å². The lowest BCUT2D eigenvalue weighted by molar-refractivity contribution is 0.322. The van der Waals surface area contributed by atoms with Gasteiger partial charge in [0, 0.05) is 4.83 Å². The Morgan fingerprint density at radius 3 is 2.92 bits per heavy atom. The van der Waals surface area contributed by atoms with Crippen LogP contribution in [-0.4, -0.2) is 11.4 Å². The van der Waals surface area contributed by atoms with E-state index in [1.807, 2.05) is 24.3 Å². The molecule has 2 nitrogen and oxygen atoms in total. The molecule has 0 radical (unpaired) electrons. The minimum absolute atomic E-state index is 0.324. The van der Waals surface area contributed by atoms with Crippen molar-refractivity contribution >= 4 is 22.1 Å². The maximum Gasteiger partial charge on any atom is 0.0733 e. The van der Waals surface area contributed by atoms with Gasteiger partial charge in [0.1, 0.15) is 0 Å². The molecule has 0 aromatic heterocycles. The van der Waals surface area contributed by atoms with Crippen LogP contribution in [0.4, 0.5) is 0 Å². The van der Waals surface area contributed by atoms with Crippen LogP contribution in [0.1, 0.15) is 22.9 Å². The molecule has 1 aromatic rings. The topological polar surface area (TPSA) is 32.6 Å². The van der Waals surface area contributed by atoms with Gasteiger partial charge < -0.3 is 5.21 Å². The fourth-order valence-corrected chi connectivity index (χ4v) is 1.24. The Kier molecular flexibility index (Phi) is 3.29. The van der Waals surface area contributed by atoms with E-state index in [2.05, 4.69) is 28.0 Å². The maximum absolute atomic E-state index is 8.31. The van der Waals surface area contributed by atoms with E-state index in [1.54, 1.807) is 0 Å². The number of hydrogen-bond donors (Lipinski definition) is 1. The largest absolute Gasteiger partial charge is 0.411 e. The van der Waals surface area contributed by atoms with Crippen molar-refractivity contribution in [1.82, 2.24) is 0 Å². The van der Waals surface area contributed by atoms with Crippen LogP contribution >= 0.6 is 15.9 Å². The second-order valence-electron chi connectivity index (χ2n) is 2.53.